The first-order valence-corrected chi connectivity index (χ1v) is 8.35. The summed E-state index contributed by atoms with van der Waals surface area (Å²) < 4.78 is 18.4. The Hall–Kier alpha value is -3.06. The third-order valence-electron chi connectivity index (χ3n) is 3.71. The molecule has 0 radical (unpaired) electrons. The number of anilines is 1. The second-order valence-corrected chi connectivity index (χ2v) is 6.66. The van der Waals surface area contributed by atoms with Gasteiger partial charge in [-0.15, -0.1) is 16.4 Å². The van der Waals surface area contributed by atoms with E-state index >= 15 is 0 Å². The van der Waals surface area contributed by atoms with E-state index in [4.69, 9.17) is 15.1 Å². The summed E-state index contributed by atoms with van der Waals surface area (Å²) in [6.45, 7) is 2.00. The molecule has 7 heteroatoms. The van der Waals surface area contributed by atoms with Gasteiger partial charge in [0.15, 0.2) is 0 Å². The molecule has 5 nitrogen and oxygen atoms in total. The quantitative estimate of drug-likeness (QED) is 0.585. The van der Waals surface area contributed by atoms with Crippen LogP contribution in [-0.2, 0) is 0 Å². The second kappa shape index (κ2) is 6.10. The van der Waals surface area contributed by atoms with Crippen molar-refractivity contribution in [2.24, 2.45) is 0 Å². The number of nitrogens with two attached hydrogens (primary N) is 1. The van der Waals surface area contributed by atoms with Gasteiger partial charge in [0.05, 0.1) is 5.69 Å². The van der Waals surface area contributed by atoms with Crippen LogP contribution in [0.3, 0.4) is 0 Å². The van der Waals surface area contributed by atoms with Crippen molar-refractivity contribution in [3.63, 3.8) is 0 Å². The fraction of sp³-hybridized carbons (Fsp3) is 0.0556. The maximum absolute atomic E-state index is 13.1. The highest BCUT2D eigenvalue weighted by molar-refractivity contribution is 7.15. The first kappa shape index (κ1) is 15.5. The molecular formula is C18H13FN4OS. The van der Waals surface area contributed by atoms with Crippen molar-refractivity contribution >= 4 is 17.4 Å². The van der Waals surface area contributed by atoms with Crippen molar-refractivity contribution in [3.8, 4) is 33.3 Å². The van der Waals surface area contributed by atoms with Gasteiger partial charge >= 0.3 is 6.01 Å². The average Bonchev–Trinajstić information content (AvgIpc) is 3.22. The highest BCUT2D eigenvalue weighted by atomic mass is 32.1. The van der Waals surface area contributed by atoms with Gasteiger partial charge in [0.2, 0.25) is 5.89 Å². The predicted molar refractivity (Wildman–Crippen MR) is 95.4 cm³/mol. The molecule has 0 atom stereocenters. The zero-order chi connectivity index (χ0) is 17.4. The van der Waals surface area contributed by atoms with Crippen molar-refractivity contribution in [2.75, 3.05) is 5.73 Å². The molecule has 25 heavy (non-hydrogen) atoms. The summed E-state index contributed by atoms with van der Waals surface area (Å²) in [7, 11) is 0. The number of aromatic nitrogens is 3. The van der Waals surface area contributed by atoms with Crippen molar-refractivity contribution in [1.29, 1.82) is 0 Å². The molecule has 2 aromatic carbocycles. The molecule has 0 fully saturated rings. The number of benzene rings is 2. The molecular weight excluding hydrogens is 339 g/mol. The standard InChI is InChI=1S/C18H13FN4OS/c1-10-15(11-5-7-14(19)8-6-11)21-17(25-10)13-4-2-3-12(9-13)16-22-23-18(20)24-16/h2-9H,1H3,(H2,20,23). The van der Waals surface area contributed by atoms with E-state index in [0.717, 1.165) is 32.3 Å². The molecule has 2 heterocycles. The van der Waals surface area contributed by atoms with Gasteiger partial charge in [-0.1, -0.05) is 17.2 Å². The lowest BCUT2D eigenvalue weighted by Gasteiger charge is -2.00. The fourth-order valence-corrected chi connectivity index (χ4v) is 3.46. The lowest BCUT2D eigenvalue weighted by atomic mass is 10.1. The Kier molecular flexibility index (Phi) is 3.77. The lowest BCUT2D eigenvalue weighted by molar-refractivity contribution is 0.590. The van der Waals surface area contributed by atoms with Crippen LogP contribution in [0.15, 0.2) is 52.9 Å². The van der Waals surface area contributed by atoms with Crippen molar-refractivity contribution in [3.05, 3.63) is 59.2 Å². The predicted octanol–water partition coefficient (Wildman–Crippen LogP) is 4.56. The third-order valence-corrected chi connectivity index (χ3v) is 4.73. The molecule has 2 N–H and O–H groups in total. The van der Waals surface area contributed by atoms with Gasteiger partial charge in [0, 0.05) is 21.6 Å². The Morgan fingerprint density at radius 1 is 1.00 bits per heavy atom. The van der Waals surface area contributed by atoms with Gasteiger partial charge in [-0.3, -0.25) is 0 Å². The van der Waals surface area contributed by atoms with E-state index in [0.29, 0.717) is 5.89 Å². The molecule has 2 aromatic heterocycles. The molecule has 0 bridgehead atoms. The van der Waals surface area contributed by atoms with Crippen LogP contribution in [0.25, 0.3) is 33.3 Å². The maximum Gasteiger partial charge on any atom is 0.313 e. The number of rotatable bonds is 3. The van der Waals surface area contributed by atoms with Crippen LogP contribution in [0.1, 0.15) is 4.88 Å². The maximum atomic E-state index is 13.1. The Morgan fingerprint density at radius 2 is 1.76 bits per heavy atom. The Balaban J connectivity index is 1.73. The van der Waals surface area contributed by atoms with Gasteiger partial charge in [0.1, 0.15) is 10.8 Å². The van der Waals surface area contributed by atoms with Crippen molar-refractivity contribution < 1.29 is 8.81 Å². The largest absolute Gasteiger partial charge is 0.404 e. The molecule has 0 amide bonds. The number of hydrogen-bond donors (Lipinski definition) is 1. The molecule has 0 aliphatic carbocycles. The first-order chi connectivity index (χ1) is 12.1. The summed E-state index contributed by atoms with van der Waals surface area (Å²) in [6, 6.07) is 14.1. The minimum absolute atomic E-state index is 0.0316. The monoisotopic (exact) mass is 352 g/mol. The molecule has 4 rings (SSSR count). The molecule has 0 aliphatic rings. The minimum Gasteiger partial charge on any atom is -0.404 e. The van der Waals surface area contributed by atoms with Gasteiger partial charge in [-0.2, -0.15) is 0 Å². The van der Waals surface area contributed by atoms with E-state index in [1.54, 1.807) is 23.5 Å². The van der Waals surface area contributed by atoms with Gasteiger partial charge < -0.3 is 10.2 Å². The third kappa shape index (κ3) is 3.01. The van der Waals surface area contributed by atoms with Gasteiger partial charge in [-0.05, 0) is 43.3 Å². The van der Waals surface area contributed by atoms with Crippen LogP contribution in [0.5, 0.6) is 0 Å². The summed E-state index contributed by atoms with van der Waals surface area (Å²) in [5, 5.41) is 8.45. The Bertz CT molecular complexity index is 1040. The zero-order valence-corrected chi connectivity index (χ0v) is 14.0. The van der Waals surface area contributed by atoms with E-state index in [1.165, 1.54) is 12.1 Å². The van der Waals surface area contributed by atoms with Crippen LogP contribution in [0.4, 0.5) is 10.4 Å². The number of nitrogens with zero attached hydrogens (tertiary/aromatic N) is 3. The summed E-state index contributed by atoms with van der Waals surface area (Å²) in [4.78, 5) is 5.79. The summed E-state index contributed by atoms with van der Waals surface area (Å²) in [5.74, 6) is 0.106. The number of nitrogen functional groups attached to an aromatic ring is 1. The van der Waals surface area contributed by atoms with Crippen LogP contribution >= 0.6 is 11.3 Å². The number of hydrogen-bond acceptors (Lipinski definition) is 6. The Labute approximate surface area is 147 Å². The smallest absolute Gasteiger partial charge is 0.313 e. The fourth-order valence-electron chi connectivity index (χ4n) is 2.53. The van der Waals surface area contributed by atoms with Crippen molar-refractivity contribution in [1.82, 2.24) is 15.2 Å². The number of thiazole rings is 1. The van der Waals surface area contributed by atoms with Crippen LogP contribution in [-0.4, -0.2) is 15.2 Å². The van der Waals surface area contributed by atoms with Crippen molar-refractivity contribution in [2.45, 2.75) is 6.92 Å². The van der Waals surface area contributed by atoms with Gasteiger partial charge in [-0.25, -0.2) is 9.37 Å². The first-order valence-electron chi connectivity index (χ1n) is 7.53. The summed E-state index contributed by atoms with van der Waals surface area (Å²) >= 11 is 1.58. The SMILES string of the molecule is Cc1sc(-c2cccc(-c3nnc(N)o3)c2)nc1-c1ccc(F)cc1. The highest BCUT2D eigenvalue weighted by Crippen LogP contribution is 2.34. The Morgan fingerprint density at radius 3 is 2.48 bits per heavy atom. The van der Waals surface area contributed by atoms with E-state index < -0.39 is 0 Å². The number of halogens is 1. The molecule has 124 valence electrons. The van der Waals surface area contributed by atoms with Crippen LogP contribution in [0.2, 0.25) is 0 Å². The van der Waals surface area contributed by atoms with E-state index in [1.807, 2.05) is 31.2 Å². The zero-order valence-electron chi connectivity index (χ0n) is 13.2. The molecule has 4 aromatic rings. The topological polar surface area (TPSA) is 77.8 Å². The molecule has 0 spiro atoms. The normalized spacial score (nSPS) is 11.0. The minimum atomic E-state index is -0.261. The van der Waals surface area contributed by atoms with E-state index in [-0.39, 0.29) is 11.8 Å². The molecule has 0 saturated carbocycles. The van der Waals surface area contributed by atoms with Crippen LogP contribution in [0, 0.1) is 12.7 Å². The average molecular weight is 352 g/mol. The number of aryl methyl sites for hydroxylation is 1. The molecule has 0 aliphatic heterocycles. The molecule has 0 saturated heterocycles. The van der Waals surface area contributed by atoms with E-state index in [9.17, 15) is 4.39 Å². The van der Waals surface area contributed by atoms with E-state index in [2.05, 4.69) is 10.2 Å². The lowest BCUT2D eigenvalue weighted by Crippen LogP contribution is -1.83. The summed E-state index contributed by atoms with van der Waals surface area (Å²) in [5.41, 5.74) is 8.95. The molecule has 0 unspecified atom stereocenters. The second-order valence-electron chi connectivity index (χ2n) is 5.46. The summed E-state index contributed by atoms with van der Waals surface area (Å²) in [6.07, 6.45) is 0. The van der Waals surface area contributed by atoms with Crippen LogP contribution < -0.4 is 5.73 Å². The highest BCUT2D eigenvalue weighted by Gasteiger charge is 2.13. The van der Waals surface area contributed by atoms with Gasteiger partial charge in [0.25, 0.3) is 0 Å².